The highest BCUT2D eigenvalue weighted by molar-refractivity contribution is 6.31. The lowest BCUT2D eigenvalue weighted by molar-refractivity contribution is -0.137. The number of carbonyl (C=O) groups is 1. The van der Waals surface area contributed by atoms with E-state index in [1.165, 1.54) is 20.3 Å². The first-order valence-corrected chi connectivity index (χ1v) is 6.21. The van der Waals surface area contributed by atoms with E-state index in [-0.39, 0.29) is 29.4 Å². The molecular formula is C13H15ClF2O4. The molecular weight excluding hydrogens is 294 g/mol. The maximum atomic E-state index is 14.0. The van der Waals surface area contributed by atoms with Crippen LogP contribution >= 0.6 is 11.6 Å². The van der Waals surface area contributed by atoms with Crippen molar-refractivity contribution in [3.8, 4) is 11.5 Å². The van der Waals surface area contributed by atoms with Crippen molar-refractivity contribution in [3.63, 3.8) is 0 Å². The van der Waals surface area contributed by atoms with Gasteiger partial charge in [0.15, 0.2) is 11.5 Å². The molecule has 0 bridgehead atoms. The first-order valence-electron chi connectivity index (χ1n) is 5.83. The Morgan fingerprint density at radius 1 is 1.30 bits per heavy atom. The summed E-state index contributed by atoms with van der Waals surface area (Å²) in [4.78, 5) is 10.4. The van der Waals surface area contributed by atoms with Crippen LogP contribution in [0.25, 0.3) is 0 Å². The SMILES string of the molecule is COc1cc(Cl)c(C(F)(F)CCCC(=O)O)cc1OC. The Bertz CT molecular complexity index is 492. The predicted molar refractivity (Wildman–Crippen MR) is 69.9 cm³/mol. The van der Waals surface area contributed by atoms with Gasteiger partial charge in [-0.1, -0.05) is 11.6 Å². The number of ether oxygens (including phenoxy) is 2. The summed E-state index contributed by atoms with van der Waals surface area (Å²) in [7, 11) is 2.71. The molecule has 0 atom stereocenters. The average molecular weight is 309 g/mol. The number of halogens is 3. The molecule has 0 saturated heterocycles. The van der Waals surface area contributed by atoms with Gasteiger partial charge in [-0.05, 0) is 12.5 Å². The molecule has 20 heavy (non-hydrogen) atoms. The Kier molecular flexibility index (Phi) is 5.56. The monoisotopic (exact) mass is 308 g/mol. The second-order valence-corrected chi connectivity index (χ2v) is 4.55. The van der Waals surface area contributed by atoms with Gasteiger partial charge in [-0.2, -0.15) is 0 Å². The fraction of sp³-hybridized carbons (Fsp3) is 0.462. The molecule has 0 aliphatic heterocycles. The Labute approximate surface area is 120 Å². The van der Waals surface area contributed by atoms with Crippen molar-refractivity contribution in [3.05, 3.63) is 22.7 Å². The molecule has 0 spiro atoms. The van der Waals surface area contributed by atoms with Gasteiger partial charge < -0.3 is 14.6 Å². The van der Waals surface area contributed by atoms with Gasteiger partial charge in [0.1, 0.15) is 0 Å². The number of benzene rings is 1. The van der Waals surface area contributed by atoms with Crippen LogP contribution in [0.5, 0.6) is 11.5 Å². The molecule has 0 unspecified atom stereocenters. The lowest BCUT2D eigenvalue weighted by Gasteiger charge is -2.19. The standard InChI is InChI=1S/C13H15ClF2O4/c1-19-10-6-8(9(14)7-11(10)20-2)13(15,16)5-3-4-12(17)18/h6-7H,3-5H2,1-2H3,(H,17,18). The fourth-order valence-corrected chi connectivity index (χ4v) is 2.02. The summed E-state index contributed by atoms with van der Waals surface area (Å²) < 4.78 is 38.0. The quantitative estimate of drug-likeness (QED) is 0.834. The highest BCUT2D eigenvalue weighted by Gasteiger charge is 2.34. The normalized spacial score (nSPS) is 11.2. The number of hydrogen-bond donors (Lipinski definition) is 1. The molecule has 1 aromatic rings. The van der Waals surface area contributed by atoms with Crippen LogP contribution < -0.4 is 9.47 Å². The van der Waals surface area contributed by atoms with Crippen LogP contribution in [-0.4, -0.2) is 25.3 Å². The molecule has 0 saturated carbocycles. The molecule has 7 heteroatoms. The Balaban J connectivity index is 3.01. The summed E-state index contributed by atoms with van der Waals surface area (Å²) in [5.74, 6) is -3.95. The van der Waals surface area contributed by atoms with Crippen LogP contribution in [0.15, 0.2) is 12.1 Å². The molecule has 1 rings (SSSR count). The number of carboxylic acid groups (broad SMARTS) is 1. The van der Waals surface area contributed by atoms with Crippen LogP contribution in [-0.2, 0) is 10.7 Å². The zero-order valence-electron chi connectivity index (χ0n) is 11.1. The zero-order chi connectivity index (χ0) is 15.3. The van der Waals surface area contributed by atoms with Gasteiger partial charge in [-0.25, -0.2) is 8.78 Å². The van der Waals surface area contributed by atoms with E-state index in [4.69, 9.17) is 26.2 Å². The number of methoxy groups -OCH3 is 2. The summed E-state index contributed by atoms with van der Waals surface area (Å²) in [6, 6.07) is 2.36. The van der Waals surface area contributed by atoms with Gasteiger partial charge >= 0.3 is 5.97 Å². The third kappa shape index (κ3) is 3.96. The topological polar surface area (TPSA) is 55.8 Å². The average Bonchev–Trinajstić information content (AvgIpc) is 2.37. The maximum Gasteiger partial charge on any atom is 0.303 e. The summed E-state index contributed by atoms with van der Waals surface area (Å²) in [6.07, 6.45) is -1.07. The van der Waals surface area contributed by atoms with Crippen LogP contribution in [0.3, 0.4) is 0 Å². The lowest BCUT2D eigenvalue weighted by Crippen LogP contribution is -2.15. The second kappa shape index (κ2) is 6.74. The van der Waals surface area contributed by atoms with Crippen molar-refractivity contribution in [1.82, 2.24) is 0 Å². The first kappa shape index (κ1) is 16.5. The van der Waals surface area contributed by atoms with Crippen molar-refractivity contribution >= 4 is 17.6 Å². The minimum atomic E-state index is -3.23. The molecule has 0 radical (unpaired) electrons. The van der Waals surface area contributed by atoms with Crippen molar-refractivity contribution in [2.75, 3.05) is 14.2 Å². The Morgan fingerprint density at radius 3 is 2.35 bits per heavy atom. The lowest BCUT2D eigenvalue weighted by atomic mass is 10.0. The predicted octanol–water partition coefficient (Wildman–Crippen LogP) is 3.70. The van der Waals surface area contributed by atoms with E-state index in [0.29, 0.717) is 0 Å². The first-order chi connectivity index (χ1) is 9.31. The molecule has 4 nitrogen and oxygen atoms in total. The summed E-state index contributed by atoms with van der Waals surface area (Å²) in [5.41, 5.74) is -0.401. The Hall–Kier alpha value is -1.56. The largest absolute Gasteiger partial charge is 0.493 e. The second-order valence-electron chi connectivity index (χ2n) is 4.14. The number of aliphatic carboxylic acids is 1. The van der Waals surface area contributed by atoms with Crippen LogP contribution in [0.1, 0.15) is 24.8 Å². The fourth-order valence-electron chi connectivity index (χ4n) is 1.73. The van der Waals surface area contributed by atoms with Crippen LogP contribution in [0.2, 0.25) is 5.02 Å². The third-order valence-electron chi connectivity index (χ3n) is 2.75. The van der Waals surface area contributed by atoms with Crippen LogP contribution in [0.4, 0.5) is 8.78 Å². The molecule has 0 heterocycles. The van der Waals surface area contributed by atoms with Gasteiger partial charge in [0, 0.05) is 24.5 Å². The minimum absolute atomic E-state index is 0.143. The third-order valence-corrected chi connectivity index (χ3v) is 3.06. The molecule has 0 amide bonds. The summed E-state index contributed by atoms with van der Waals surface area (Å²) in [6.45, 7) is 0. The Morgan fingerprint density at radius 2 is 1.85 bits per heavy atom. The van der Waals surface area contributed by atoms with E-state index in [9.17, 15) is 13.6 Å². The summed E-state index contributed by atoms with van der Waals surface area (Å²) >= 11 is 5.83. The maximum absolute atomic E-state index is 14.0. The van der Waals surface area contributed by atoms with Crippen LogP contribution in [0, 0.1) is 0 Å². The van der Waals surface area contributed by atoms with Gasteiger partial charge in [0.05, 0.1) is 19.2 Å². The number of alkyl halides is 2. The molecule has 0 aliphatic rings. The molecule has 0 aliphatic carbocycles. The zero-order valence-corrected chi connectivity index (χ0v) is 11.8. The highest BCUT2D eigenvalue weighted by atomic mass is 35.5. The summed E-state index contributed by atoms with van der Waals surface area (Å²) in [5, 5.41) is 8.33. The van der Waals surface area contributed by atoms with Gasteiger partial charge in [0.25, 0.3) is 5.92 Å². The molecule has 0 aromatic heterocycles. The molecule has 0 fully saturated rings. The van der Waals surface area contributed by atoms with Gasteiger partial charge in [0.2, 0.25) is 0 Å². The van der Waals surface area contributed by atoms with Gasteiger partial charge in [-0.15, -0.1) is 0 Å². The highest BCUT2D eigenvalue weighted by Crippen LogP contribution is 2.42. The van der Waals surface area contributed by atoms with E-state index in [2.05, 4.69) is 0 Å². The number of carboxylic acids is 1. The van der Waals surface area contributed by atoms with E-state index in [1.807, 2.05) is 0 Å². The van der Waals surface area contributed by atoms with Gasteiger partial charge in [-0.3, -0.25) is 4.79 Å². The van der Waals surface area contributed by atoms with E-state index >= 15 is 0 Å². The van der Waals surface area contributed by atoms with E-state index in [1.54, 1.807) is 0 Å². The number of rotatable bonds is 7. The van der Waals surface area contributed by atoms with E-state index in [0.717, 1.165) is 6.07 Å². The van der Waals surface area contributed by atoms with Crippen molar-refractivity contribution in [2.45, 2.75) is 25.2 Å². The molecule has 112 valence electrons. The van der Waals surface area contributed by atoms with Crippen molar-refractivity contribution < 1.29 is 28.2 Å². The van der Waals surface area contributed by atoms with Crippen molar-refractivity contribution in [2.24, 2.45) is 0 Å². The molecule has 1 N–H and O–H groups in total. The minimum Gasteiger partial charge on any atom is -0.493 e. The number of hydrogen-bond acceptors (Lipinski definition) is 3. The smallest absolute Gasteiger partial charge is 0.303 e. The molecule has 1 aromatic carbocycles. The van der Waals surface area contributed by atoms with E-state index < -0.39 is 23.9 Å². The van der Waals surface area contributed by atoms with Crippen molar-refractivity contribution in [1.29, 1.82) is 0 Å².